The van der Waals surface area contributed by atoms with Crippen LogP contribution in [0.25, 0.3) is 22.4 Å². The third-order valence-corrected chi connectivity index (χ3v) is 5.19. The molecule has 3 nitrogen and oxygen atoms in total. The maximum absolute atomic E-state index is 9.79. The third-order valence-electron chi connectivity index (χ3n) is 4.01. The van der Waals surface area contributed by atoms with E-state index in [4.69, 9.17) is 9.72 Å². The smallest absolute Gasteiger partial charge is 0.118 e. The van der Waals surface area contributed by atoms with E-state index < -0.39 is 0 Å². The molecule has 2 aromatic carbocycles. The van der Waals surface area contributed by atoms with Crippen molar-refractivity contribution in [2.75, 3.05) is 12.9 Å². The molecule has 3 aromatic rings. The quantitative estimate of drug-likeness (QED) is 0.521. The SMILES string of the molecule is CCCSc1nc(-c2ccccc2)cc(-c2ccc(OC)cc2)c1C#N. The predicted octanol–water partition coefficient (Wildman–Crippen LogP) is 5.80. The Kier molecular flexibility index (Phi) is 5.93. The van der Waals surface area contributed by atoms with Crippen LogP contribution in [-0.2, 0) is 0 Å². The fourth-order valence-electron chi connectivity index (χ4n) is 2.69. The number of hydrogen-bond acceptors (Lipinski definition) is 4. The lowest BCUT2D eigenvalue weighted by molar-refractivity contribution is 0.415. The number of hydrogen-bond donors (Lipinski definition) is 0. The van der Waals surface area contributed by atoms with Crippen LogP contribution in [-0.4, -0.2) is 17.8 Å². The highest BCUT2D eigenvalue weighted by molar-refractivity contribution is 7.99. The molecule has 0 bridgehead atoms. The molecule has 0 amide bonds. The predicted molar refractivity (Wildman–Crippen MR) is 107 cm³/mol. The van der Waals surface area contributed by atoms with Gasteiger partial charge in [-0.2, -0.15) is 5.26 Å². The lowest BCUT2D eigenvalue weighted by Gasteiger charge is -2.12. The summed E-state index contributed by atoms with van der Waals surface area (Å²) in [5.74, 6) is 1.73. The number of pyridine rings is 1. The van der Waals surface area contributed by atoms with Gasteiger partial charge in [0.05, 0.1) is 18.4 Å². The van der Waals surface area contributed by atoms with Crippen LogP contribution in [0.15, 0.2) is 65.7 Å². The van der Waals surface area contributed by atoms with E-state index in [2.05, 4.69) is 13.0 Å². The maximum atomic E-state index is 9.79. The van der Waals surface area contributed by atoms with Crippen LogP contribution in [0.1, 0.15) is 18.9 Å². The largest absolute Gasteiger partial charge is 0.497 e. The molecule has 130 valence electrons. The molecule has 0 fully saturated rings. The minimum absolute atomic E-state index is 0.633. The molecule has 0 atom stereocenters. The average molecular weight is 360 g/mol. The summed E-state index contributed by atoms with van der Waals surface area (Å²) in [6, 6.07) is 22.2. The number of nitriles is 1. The second kappa shape index (κ2) is 8.55. The Bertz CT molecular complexity index is 915. The highest BCUT2D eigenvalue weighted by Crippen LogP contribution is 2.34. The number of thioether (sulfide) groups is 1. The van der Waals surface area contributed by atoms with Gasteiger partial charge in [0.1, 0.15) is 16.8 Å². The molecule has 0 aliphatic heterocycles. The summed E-state index contributed by atoms with van der Waals surface area (Å²) >= 11 is 1.64. The van der Waals surface area contributed by atoms with Crippen molar-refractivity contribution in [1.29, 1.82) is 5.26 Å². The zero-order valence-electron chi connectivity index (χ0n) is 14.9. The van der Waals surface area contributed by atoms with E-state index >= 15 is 0 Å². The van der Waals surface area contributed by atoms with Crippen LogP contribution in [0.4, 0.5) is 0 Å². The molecule has 1 aromatic heterocycles. The van der Waals surface area contributed by atoms with Gasteiger partial charge in [0.15, 0.2) is 0 Å². The molecule has 0 saturated carbocycles. The Labute approximate surface area is 158 Å². The summed E-state index contributed by atoms with van der Waals surface area (Å²) < 4.78 is 5.25. The van der Waals surface area contributed by atoms with Crippen LogP contribution < -0.4 is 4.74 Å². The third kappa shape index (κ3) is 3.89. The Morgan fingerprint density at radius 1 is 1.04 bits per heavy atom. The van der Waals surface area contributed by atoms with Crippen LogP contribution in [0.5, 0.6) is 5.75 Å². The van der Waals surface area contributed by atoms with E-state index in [1.54, 1.807) is 18.9 Å². The van der Waals surface area contributed by atoms with Gasteiger partial charge < -0.3 is 4.74 Å². The first-order valence-electron chi connectivity index (χ1n) is 8.54. The lowest BCUT2D eigenvalue weighted by Crippen LogP contribution is -1.96. The van der Waals surface area contributed by atoms with Crippen LogP contribution in [0, 0.1) is 11.3 Å². The molecule has 0 unspecified atom stereocenters. The molecule has 0 N–H and O–H groups in total. The fraction of sp³-hybridized carbons (Fsp3) is 0.182. The highest BCUT2D eigenvalue weighted by atomic mass is 32.2. The van der Waals surface area contributed by atoms with E-state index in [0.29, 0.717) is 5.56 Å². The van der Waals surface area contributed by atoms with Gasteiger partial charge in [-0.3, -0.25) is 0 Å². The topological polar surface area (TPSA) is 45.9 Å². The van der Waals surface area contributed by atoms with Crippen LogP contribution in [0.3, 0.4) is 0 Å². The molecule has 3 rings (SSSR count). The molecule has 4 heteroatoms. The van der Waals surface area contributed by atoms with Crippen molar-refractivity contribution in [3.05, 3.63) is 66.2 Å². The molecule has 0 saturated heterocycles. The first-order valence-corrected chi connectivity index (χ1v) is 9.53. The van der Waals surface area contributed by atoms with Gasteiger partial charge >= 0.3 is 0 Å². The number of ether oxygens (including phenoxy) is 1. The first kappa shape index (κ1) is 18.0. The number of nitrogens with zero attached hydrogens (tertiary/aromatic N) is 2. The summed E-state index contributed by atoms with van der Waals surface area (Å²) in [4.78, 5) is 4.79. The zero-order valence-corrected chi connectivity index (χ0v) is 15.7. The van der Waals surface area contributed by atoms with Crippen molar-refractivity contribution in [2.45, 2.75) is 18.4 Å². The average Bonchev–Trinajstić information content (AvgIpc) is 2.72. The van der Waals surface area contributed by atoms with Crippen molar-refractivity contribution in [3.8, 4) is 34.2 Å². The van der Waals surface area contributed by atoms with Gasteiger partial charge in [-0.15, -0.1) is 11.8 Å². The van der Waals surface area contributed by atoms with E-state index in [0.717, 1.165) is 45.3 Å². The molecule has 0 aliphatic carbocycles. The number of methoxy groups -OCH3 is 1. The maximum Gasteiger partial charge on any atom is 0.118 e. The Morgan fingerprint density at radius 3 is 2.38 bits per heavy atom. The second-order valence-corrected chi connectivity index (χ2v) is 6.87. The van der Waals surface area contributed by atoms with Gasteiger partial charge in [-0.1, -0.05) is 49.4 Å². The monoisotopic (exact) mass is 360 g/mol. The summed E-state index contributed by atoms with van der Waals surface area (Å²) in [5, 5.41) is 10.6. The Morgan fingerprint density at radius 2 is 1.77 bits per heavy atom. The molecule has 0 radical (unpaired) electrons. The first-order chi connectivity index (χ1) is 12.8. The van der Waals surface area contributed by atoms with Gasteiger partial charge in [-0.05, 0) is 35.9 Å². The molecule has 26 heavy (non-hydrogen) atoms. The van der Waals surface area contributed by atoms with Crippen LogP contribution in [0.2, 0.25) is 0 Å². The number of rotatable bonds is 6. The lowest BCUT2D eigenvalue weighted by atomic mass is 9.99. The highest BCUT2D eigenvalue weighted by Gasteiger charge is 2.15. The molecule has 1 heterocycles. The summed E-state index contributed by atoms with van der Waals surface area (Å²) in [5.41, 5.74) is 4.45. The minimum atomic E-state index is 0.633. The van der Waals surface area contributed by atoms with Crippen molar-refractivity contribution in [1.82, 2.24) is 4.98 Å². The van der Waals surface area contributed by atoms with Gasteiger partial charge in [-0.25, -0.2) is 4.98 Å². The summed E-state index contributed by atoms with van der Waals surface area (Å²) in [6.07, 6.45) is 1.03. The van der Waals surface area contributed by atoms with Gasteiger partial charge in [0.25, 0.3) is 0 Å². The van der Waals surface area contributed by atoms with E-state index in [1.165, 1.54) is 0 Å². The van der Waals surface area contributed by atoms with Gasteiger partial charge in [0.2, 0.25) is 0 Å². The number of benzene rings is 2. The summed E-state index contributed by atoms with van der Waals surface area (Å²) in [6.45, 7) is 2.13. The molecule has 0 aliphatic rings. The van der Waals surface area contributed by atoms with Crippen molar-refractivity contribution in [3.63, 3.8) is 0 Å². The summed E-state index contributed by atoms with van der Waals surface area (Å²) in [7, 11) is 1.65. The normalized spacial score (nSPS) is 10.3. The van der Waals surface area contributed by atoms with E-state index in [1.807, 2.05) is 60.7 Å². The second-order valence-electron chi connectivity index (χ2n) is 5.79. The van der Waals surface area contributed by atoms with Crippen molar-refractivity contribution in [2.24, 2.45) is 0 Å². The van der Waals surface area contributed by atoms with Crippen molar-refractivity contribution < 1.29 is 4.74 Å². The molecular weight excluding hydrogens is 340 g/mol. The Balaban J connectivity index is 2.18. The molecule has 0 spiro atoms. The minimum Gasteiger partial charge on any atom is -0.497 e. The van der Waals surface area contributed by atoms with Crippen LogP contribution >= 0.6 is 11.8 Å². The van der Waals surface area contributed by atoms with Gasteiger partial charge in [0, 0.05) is 11.1 Å². The standard InChI is InChI=1S/C22H20N2OS/c1-3-13-26-22-20(15-23)19(16-9-11-18(25-2)12-10-16)14-21(24-22)17-7-5-4-6-8-17/h4-12,14H,3,13H2,1-2H3. The van der Waals surface area contributed by atoms with Crippen molar-refractivity contribution >= 4 is 11.8 Å². The Hall–Kier alpha value is -2.77. The molecular formula is C22H20N2OS. The van der Waals surface area contributed by atoms with E-state index in [-0.39, 0.29) is 0 Å². The fourth-order valence-corrected chi connectivity index (χ4v) is 3.55. The van der Waals surface area contributed by atoms with E-state index in [9.17, 15) is 5.26 Å². The number of aromatic nitrogens is 1. The zero-order chi connectivity index (χ0) is 18.4.